The molecule has 0 spiro atoms. The van der Waals surface area contributed by atoms with Gasteiger partial charge in [0.25, 0.3) is 0 Å². The van der Waals surface area contributed by atoms with Gasteiger partial charge in [0, 0.05) is 18.8 Å². The van der Waals surface area contributed by atoms with E-state index in [9.17, 15) is 0 Å². The predicted octanol–water partition coefficient (Wildman–Crippen LogP) is 0.896. The van der Waals surface area contributed by atoms with Crippen LogP contribution in [0.5, 0.6) is 0 Å². The number of nitrogens with zero attached hydrogens (tertiary/aromatic N) is 2. The third kappa shape index (κ3) is 1.59. The molecule has 0 bridgehead atoms. The largest absolute Gasteiger partial charge is 0.324 e. The molecule has 1 aliphatic heterocycles. The molecule has 0 aromatic heterocycles. The van der Waals surface area contributed by atoms with Crippen molar-refractivity contribution in [3.05, 3.63) is 12.3 Å². The molecular weight excluding hydrogens is 124 g/mol. The van der Waals surface area contributed by atoms with Gasteiger partial charge in [-0.25, -0.2) is 4.58 Å². The zero-order chi connectivity index (χ0) is 7.40. The van der Waals surface area contributed by atoms with Crippen LogP contribution in [0.1, 0.15) is 13.8 Å². The minimum atomic E-state index is 1.05. The summed E-state index contributed by atoms with van der Waals surface area (Å²) >= 11 is 0. The Labute approximate surface area is 62.5 Å². The van der Waals surface area contributed by atoms with Crippen molar-refractivity contribution in [1.82, 2.24) is 4.90 Å². The Balaban J connectivity index is 2.50. The third-order valence-corrected chi connectivity index (χ3v) is 1.77. The van der Waals surface area contributed by atoms with Crippen molar-refractivity contribution in [2.45, 2.75) is 13.8 Å². The van der Waals surface area contributed by atoms with E-state index in [4.69, 9.17) is 0 Å². The lowest BCUT2D eigenvalue weighted by Crippen LogP contribution is -2.31. The van der Waals surface area contributed by atoms with E-state index >= 15 is 0 Å². The maximum atomic E-state index is 2.28. The van der Waals surface area contributed by atoms with Crippen LogP contribution < -0.4 is 0 Å². The van der Waals surface area contributed by atoms with E-state index in [0.717, 1.165) is 19.8 Å². The van der Waals surface area contributed by atoms with Gasteiger partial charge in [-0.1, -0.05) is 0 Å². The van der Waals surface area contributed by atoms with Crippen LogP contribution in [-0.2, 0) is 0 Å². The van der Waals surface area contributed by atoms with Crippen molar-refractivity contribution in [2.75, 3.05) is 19.8 Å². The molecule has 1 rings (SSSR count). The van der Waals surface area contributed by atoms with Gasteiger partial charge in [-0.2, -0.15) is 0 Å². The van der Waals surface area contributed by atoms with Crippen molar-refractivity contribution < 1.29 is 4.58 Å². The molecule has 0 aliphatic carbocycles. The summed E-state index contributed by atoms with van der Waals surface area (Å²) < 4.78 is 2.28. The van der Waals surface area contributed by atoms with Crippen molar-refractivity contribution >= 4 is 6.21 Å². The van der Waals surface area contributed by atoms with Gasteiger partial charge in [0.05, 0.1) is 0 Å². The van der Waals surface area contributed by atoms with E-state index in [1.165, 1.54) is 0 Å². The third-order valence-electron chi connectivity index (χ3n) is 1.77. The Morgan fingerprint density at radius 1 is 1.50 bits per heavy atom. The molecular formula is C8H15N2+. The molecule has 0 atom stereocenters. The molecule has 0 radical (unpaired) electrons. The molecule has 10 heavy (non-hydrogen) atoms. The van der Waals surface area contributed by atoms with Crippen LogP contribution in [0.25, 0.3) is 0 Å². The van der Waals surface area contributed by atoms with Gasteiger partial charge in [0.1, 0.15) is 6.54 Å². The second kappa shape index (κ2) is 3.40. The van der Waals surface area contributed by atoms with E-state index in [-0.39, 0.29) is 0 Å². The quantitative estimate of drug-likeness (QED) is 0.515. The van der Waals surface area contributed by atoms with Crippen LogP contribution >= 0.6 is 0 Å². The minimum absolute atomic E-state index is 1.05. The molecule has 2 heteroatoms. The van der Waals surface area contributed by atoms with Crippen LogP contribution in [0.3, 0.4) is 0 Å². The standard InChI is InChI=1S/C8H15N2/c1-3-9-6-5-7-10(4-2)8-9/h5-7H,3-4,8H2,1-2H3/q+1. The predicted molar refractivity (Wildman–Crippen MR) is 43.3 cm³/mol. The molecule has 0 aromatic rings. The van der Waals surface area contributed by atoms with Crippen molar-refractivity contribution in [1.29, 1.82) is 0 Å². The molecule has 0 aromatic carbocycles. The lowest BCUT2D eigenvalue weighted by Gasteiger charge is -2.17. The Kier molecular flexibility index (Phi) is 2.49. The fourth-order valence-corrected chi connectivity index (χ4v) is 1.02. The highest BCUT2D eigenvalue weighted by atomic mass is 15.2. The molecule has 0 saturated heterocycles. The summed E-state index contributed by atoms with van der Waals surface area (Å²) in [7, 11) is 0. The molecule has 0 N–H and O–H groups in total. The molecule has 0 saturated carbocycles. The monoisotopic (exact) mass is 139 g/mol. The highest BCUT2D eigenvalue weighted by Gasteiger charge is 2.07. The minimum Gasteiger partial charge on any atom is -0.324 e. The second-order valence-corrected chi connectivity index (χ2v) is 2.44. The summed E-state index contributed by atoms with van der Waals surface area (Å²) in [6.45, 7) is 7.58. The molecule has 2 nitrogen and oxygen atoms in total. The molecule has 56 valence electrons. The molecule has 0 amide bonds. The van der Waals surface area contributed by atoms with Crippen LogP contribution in [0.2, 0.25) is 0 Å². The smallest absolute Gasteiger partial charge is 0.218 e. The highest BCUT2D eigenvalue weighted by Crippen LogP contribution is 1.93. The summed E-state index contributed by atoms with van der Waals surface area (Å²) in [6, 6.07) is 0. The van der Waals surface area contributed by atoms with E-state index in [2.05, 4.69) is 41.8 Å². The Hall–Kier alpha value is -0.790. The van der Waals surface area contributed by atoms with Crippen LogP contribution in [0.15, 0.2) is 12.3 Å². The summed E-state index contributed by atoms with van der Waals surface area (Å²) in [5, 5.41) is 0. The Morgan fingerprint density at radius 3 is 2.90 bits per heavy atom. The van der Waals surface area contributed by atoms with Crippen LogP contribution in [0, 0.1) is 0 Å². The average Bonchev–Trinajstić information content (AvgIpc) is 2.05. The molecule has 1 aliphatic rings. The maximum Gasteiger partial charge on any atom is 0.218 e. The Bertz CT molecular complexity index is 159. The van der Waals surface area contributed by atoms with E-state index in [0.29, 0.717) is 0 Å². The normalized spacial score (nSPS) is 17.4. The first kappa shape index (κ1) is 7.32. The van der Waals surface area contributed by atoms with E-state index in [1.807, 2.05) is 0 Å². The molecule has 0 fully saturated rings. The number of allylic oxidation sites excluding steroid dienone is 1. The zero-order valence-corrected chi connectivity index (χ0v) is 6.75. The van der Waals surface area contributed by atoms with Gasteiger partial charge in [0.15, 0.2) is 6.21 Å². The summed E-state index contributed by atoms with van der Waals surface area (Å²) in [4.78, 5) is 2.28. The summed E-state index contributed by atoms with van der Waals surface area (Å²) in [5.41, 5.74) is 0. The van der Waals surface area contributed by atoms with E-state index in [1.54, 1.807) is 0 Å². The fourth-order valence-electron chi connectivity index (χ4n) is 1.02. The van der Waals surface area contributed by atoms with Crippen LogP contribution in [-0.4, -0.2) is 35.4 Å². The van der Waals surface area contributed by atoms with Gasteiger partial charge >= 0.3 is 0 Å². The number of rotatable bonds is 2. The topological polar surface area (TPSA) is 6.25 Å². The summed E-state index contributed by atoms with van der Waals surface area (Å²) in [6.07, 6.45) is 6.36. The highest BCUT2D eigenvalue weighted by molar-refractivity contribution is 5.66. The first-order chi connectivity index (χ1) is 4.86. The van der Waals surface area contributed by atoms with Crippen molar-refractivity contribution in [3.8, 4) is 0 Å². The maximum absolute atomic E-state index is 2.28. The van der Waals surface area contributed by atoms with Gasteiger partial charge in [-0.15, -0.1) is 0 Å². The van der Waals surface area contributed by atoms with Gasteiger partial charge in [-0.05, 0) is 13.8 Å². The summed E-state index contributed by atoms with van der Waals surface area (Å²) in [5.74, 6) is 0. The Morgan fingerprint density at radius 2 is 2.30 bits per heavy atom. The SMILES string of the molecule is CCN1C=CC=[N+](CC)C1. The van der Waals surface area contributed by atoms with Crippen molar-refractivity contribution in [3.63, 3.8) is 0 Å². The lowest BCUT2D eigenvalue weighted by atomic mass is 10.5. The van der Waals surface area contributed by atoms with Gasteiger partial charge in [-0.3, -0.25) is 0 Å². The van der Waals surface area contributed by atoms with Gasteiger partial charge in [0.2, 0.25) is 6.67 Å². The van der Waals surface area contributed by atoms with Crippen molar-refractivity contribution in [2.24, 2.45) is 0 Å². The fraction of sp³-hybridized carbons (Fsp3) is 0.625. The molecule has 1 heterocycles. The second-order valence-electron chi connectivity index (χ2n) is 2.44. The van der Waals surface area contributed by atoms with E-state index < -0.39 is 0 Å². The zero-order valence-electron chi connectivity index (χ0n) is 6.75. The lowest BCUT2D eigenvalue weighted by molar-refractivity contribution is -0.539. The first-order valence-electron chi connectivity index (χ1n) is 3.86. The average molecular weight is 139 g/mol. The molecule has 0 unspecified atom stereocenters. The number of hydrogen-bond donors (Lipinski definition) is 0. The van der Waals surface area contributed by atoms with Crippen LogP contribution in [0.4, 0.5) is 0 Å². The number of hydrogen-bond acceptors (Lipinski definition) is 1. The first-order valence-corrected chi connectivity index (χ1v) is 3.86. The van der Waals surface area contributed by atoms with Gasteiger partial charge < -0.3 is 4.90 Å².